The molecule has 0 aromatic carbocycles. The summed E-state index contributed by atoms with van der Waals surface area (Å²) in [6, 6.07) is 0. The van der Waals surface area contributed by atoms with Crippen molar-refractivity contribution in [1.82, 2.24) is 0 Å². The number of fused-ring (bicyclic) bond motifs is 1. The summed E-state index contributed by atoms with van der Waals surface area (Å²) in [4.78, 5) is 13.1. The van der Waals surface area contributed by atoms with E-state index in [0.717, 1.165) is 17.5 Å². The molecule has 0 spiro atoms. The Bertz CT molecular complexity index is 373. The van der Waals surface area contributed by atoms with Gasteiger partial charge in [-0.15, -0.1) is 11.3 Å². The fourth-order valence-corrected chi connectivity index (χ4v) is 3.22. The van der Waals surface area contributed by atoms with E-state index in [1.54, 1.807) is 18.4 Å². The van der Waals surface area contributed by atoms with Crippen molar-refractivity contribution in [3.8, 4) is 0 Å². The second-order valence-corrected chi connectivity index (χ2v) is 4.89. The van der Waals surface area contributed by atoms with Crippen molar-refractivity contribution >= 4 is 17.1 Å². The van der Waals surface area contributed by atoms with Crippen molar-refractivity contribution < 1.29 is 9.53 Å². The van der Waals surface area contributed by atoms with Gasteiger partial charge in [0.2, 0.25) is 0 Å². The topological polar surface area (TPSA) is 52.3 Å². The Kier molecular flexibility index (Phi) is 3.19. The number of rotatable bonds is 3. The van der Waals surface area contributed by atoms with Crippen molar-refractivity contribution in [2.24, 2.45) is 11.7 Å². The summed E-state index contributed by atoms with van der Waals surface area (Å²) >= 11 is 1.66. The van der Waals surface area contributed by atoms with Gasteiger partial charge in [0.25, 0.3) is 0 Å². The van der Waals surface area contributed by atoms with Gasteiger partial charge in [-0.2, -0.15) is 0 Å². The third kappa shape index (κ3) is 1.97. The molecular formula is C11H15NO2S. The number of ether oxygens (including phenoxy) is 1. The molecule has 2 N–H and O–H groups in total. The number of thiophene rings is 1. The molecule has 15 heavy (non-hydrogen) atoms. The lowest BCUT2D eigenvalue weighted by atomic mass is 9.86. The lowest BCUT2D eigenvalue weighted by Crippen LogP contribution is -2.25. The second-order valence-electron chi connectivity index (χ2n) is 3.93. The smallest absolute Gasteiger partial charge is 0.164 e. The van der Waals surface area contributed by atoms with Gasteiger partial charge >= 0.3 is 0 Å². The van der Waals surface area contributed by atoms with Crippen LogP contribution in [0.1, 0.15) is 27.2 Å². The number of nitrogens with two attached hydrogens (primary N) is 1. The van der Waals surface area contributed by atoms with Gasteiger partial charge in [-0.1, -0.05) is 0 Å². The number of Topliss-reactive ketones (excluding diaryl/α,β-unsaturated/α-hetero) is 1. The van der Waals surface area contributed by atoms with Crippen molar-refractivity contribution in [3.63, 3.8) is 0 Å². The summed E-state index contributed by atoms with van der Waals surface area (Å²) in [6.45, 7) is 1.13. The minimum atomic E-state index is 0.236. The summed E-state index contributed by atoms with van der Waals surface area (Å²) in [5.74, 6) is 0.569. The molecule has 1 aliphatic rings. The molecule has 1 unspecified atom stereocenters. The van der Waals surface area contributed by atoms with Gasteiger partial charge in [0.15, 0.2) is 5.78 Å². The maximum atomic E-state index is 11.9. The van der Waals surface area contributed by atoms with E-state index in [0.29, 0.717) is 25.5 Å². The quantitative estimate of drug-likeness (QED) is 0.850. The molecule has 1 atom stereocenters. The molecule has 0 fully saturated rings. The lowest BCUT2D eigenvalue weighted by Gasteiger charge is -2.20. The third-order valence-electron chi connectivity index (χ3n) is 2.80. The molecule has 4 heteroatoms. The van der Waals surface area contributed by atoms with Gasteiger partial charge in [0.05, 0.1) is 6.61 Å². The first-order valence-electron chi connectivity index (χ1n) is 5.07. The highest BCUT2D eigenvalue weighted by Gasteiger charge is 2.27. The zero-order chi connectivity index (χ0) is 10.8. The SMILES string of the molecule is COCc1csc2c1C(=O)CC(CN)C2. The predicted octanol–water partition coefficient (Wildman–Crippen LogP) is 1.60. The fraction of sp³-hybridized carbons (Fsp3) is 0.545. The summed E-state index contributed by atoms with van der Waals surface area (Å²) in [5.41, 5.74) is 7.56. The predicted molar refractivity (Wildman–Crippen MR) is 60.2 cm³/mol. The standard InChI is InChI=1S/C11H15NO2S/c1-14-5-8-6-15-10-3-7(4-12)2-9(13)11(8)10/h6-7H,2-5,12H2,1H3. The summed E-state index contributed by atoms with van der Waals surface area (Å²) in [6.07, 6.45) is 1.54. The third-order valence-corrected chi connectivity index (χ3v) is 3.86. The van der Waals surface area contributed by atoms with E-state index < -0.39 is 0 Å². The van der Waals surface area contributed by atoms with Crippen molar-refractivity contribution in [2.75, 3.05) is 13.7 Å². The first-order chi connectivity index (χ1) is 7.26. The largest absolute Gasteiger partial charge is 0.380 e. The Labute approximate surface area is 93.2 Å². The summed E-state index contributed by atoms with van der Waals surface area (Å²) < 4.78 is 5.08. The Morgan fingerprint density at radius 1 is 1.60 bits per heavy atom. The molecule has 0 saturated heterocycles. The molecule has 0 saturated carbocycles. The average molecular weight is 225 g/mol. The molecule has 1 aliphatic carbocycles. The summed E-state index contributed by atoms with van der Waals surface area (Å²) in [7, 11) is 1.65. The van der Waals surface area contributed by atoms with Gasteiger partial charge in [-0.05, 0) is 29.8 Å². The molecule has 2 rings (SSSR count). The Morgan fingerprint density at radius 3 is 3.07 bits per heavy atom. The maximum absolute atomic E-state index is 11.9. The average Bonchev–Trinajstić information content (AvgIpc) is 2.62. The van der Waals surface area contributed by atoms with Crippen LogP contribution in [-0.4, -0.2) is 19.4 Å². The highest BCUT2D eigenvalue weighted by molar-refractivity contribution is 7.10. The number of methoxy groups -OCH3 is 1. The molecule has 1 aromatic heterocycles. The molecule has 0 aliphatic heterocycles. The number of hydrogen-bond acceptors (Lipinski definition) is 4. The highest BCUT2D eigenvalue weighted by Crippen LogP contribution is 2.32. The number of carbonyl (C=O) groups excluding carboxylic acids is 1. The van der Waals surface area contributed by atoms with Crippen LogP contribution in [0.3, 0.4) is 0 Å². The lowest BCUT2D eigenvalue weighted by molar-refractivity contribution is 0.0947. The van der Waals surface area contributed by atoms with Crippen molar-refractivity contribution in [1.29, 1.82) is 0 Å². The zero-order valence-electron chi connectivity index (χ0n) is 8.79. The van der Waals surface area contributed by atoms with Gasteiger partial charge in [-0.25, -0.2) is 0 Å². The van der Waals surface area contributed by atoms with Crippen LogP contribution in [0.5, 0.6) is 0 Å². The van der Waals surface area contributed by atoms with Crippen LogP contribution in [0.4, 0.5) is 0 Å². The van der Waals surface area contributed by atoms with Gasteiger partial charge in [0.1, 0.15) is 0 Å². The van der Waals surface area contributed by atoms with Crippen molar-refractivity contribution in [3.05, 3.63) is 21.4 Å². The van der Waals surface area contributed by atoms with Crippen LogP contribution in [0.15, 0.2) is 5.38 Å². The molecule has 3 nitrogen and oxygen atoms in total. The Balaban J connectivity index is 2.30. The fourth-order valence-electron chi connectivity index (χ4n) is 2.05. The second kappa shape index (κ2) is 4.43. The first kappa shape index (κ1) is 10.8. The van der Waals surface area contributed by atoms with Crippen LogP contribution < -0.4 is 5.73 Å². The van der Waals surface area contributed by atoms with Crippen LogP contribution in [0.25, 0.3) is 0 Å². The van der Waals surface area contributed by atoms with Gasteiger partial charge in [0, 0.05) is 24.0 Å². The van der Waals surface area contributed by atoms with E-state index in [1.807, 2.05) is 5.38 Å². The van der Waals surface area contributed by atoms with Gasteiger partial charge < -0.3 is 10.5 Å². The minimum absolute atomic E-state index is 0.236. The number of ketones is 1. The molecule has 0 radical (unpaired) electrons. The number of hydrogen-bond donors (Lipinski definition) is 1. The van der Waals surface area contributed by atoms with Crippen molar-refractivity contribution in [2.45, 2.75) is 19.4 Å². The molecular weight excluding hydrogens is 210 g/mol. The highest BCUT2D eigenvalue weighted by atomic mass is 32.1. The molecule has 1 aromatic rings. The van der Waals surface area contributed by atoms with Crippen LogP contribution >= 0.6 is 11.3 Å². The Hall–Kier alpha value is -0.710. The molecule has 1 heterocycles. The van der Waals surface area contributed by atoms with E-state index in [4.69, 9.17) is 10.5 Å². The zero-order valence-corrected chi connectivity index (χ0v) is 9.60. The maximum Gasteiger partial charge on any atom is 0.164 e. The van der Waals surface area contributed by atoms with E-state index in [2.05, 4.69) is 0 Å². The van der Waals surface area contributed by atoms with Crippen LogP contribution in [-0.2, 0) is 17.8 Å². The number of carbonyl (C=O) groups is 1. The monoisotopic (exact) mass is 225 g/mol. The van der Waals surface area contributed by atoms with Crippen LogP contribution in [0.2, 0.25) is 0 Å². The molecule has 0 bridgehead atoms. The molecule has 0 amide bonds. The van der Waals surface area contributed by atoms with E-state index in [1.165, 1.54) is 4.88 Å². The Morgan fingerprint density at radius 2 is 2.40 bits per heavy atom. The minimum Gasteiger partial charge on any atom is -0.380 e. The molecule has 82 valence electrons. The normalized spacial score (nSPS) is 20.4. The van der Waals surface area contributed by atoms with E-state index in [-0.39, 0.29) is 5.78 Å². The summed E-state index contributed by atoms with van der Waals surface area (Å²) in [5, 5.41) is 2.03. The van der Waals surface area contributed by atoms with E-state index in [9.17, 15) is 4.79 Å². The first-order valence-corrected chi connectivity index (χ1v) is 5.95. The van der Waals surface area contributed by atoms with E-state index >= 15 is 0 Å². The van der Waals surface area contributed by atoms with Crippen LogP contribution in [0, 0.1) is 5.92 Å². The van der Waals surface area contributed by atoms with Gasteiger partial charge in [-0.3, -0.25) is 4.79 Å².